The Morgan fingerprint density at radius 3 is 2.70 bits per heavy atom. The summed E-state index contributed by atoms with van der Waals surface area (Å²) >= 11 is 5.58. The first kappa shape index (κ1) is 20.3. The number of hydrogen-bond acceptors (Lipinski definition) is 4. The van der Waals surface area contributed by atoms with Gasteiger partial charge in [-0.05, 0) is 53.4 Å². The van der Waals surface area contributed by atoms with Gasteiger partial charge >= 0.3 is 5.97 Å². The zero-order valence-corrected chi connectivity index (χ0v) is 16.5. The van der Waals surface area contributed by atoms with Crippen LogP contribution in [-0.2, 0) is 6.42 Å². The van der Waals surface area contributed by atoms with Crippen molar-refractivity contribution in [1.82, 2.24) is 10.3 Å². The molecule has 1 aromatic heterocycles. The second kappa shape index (κ2) is 8.38. The smallest absolute Gasteiger partial charge is 0.337 e. The molecule has 3 N–H and O–H groups in total. The molecule has 0 saturated carbocycles. The van der Waals surface area contributed by atoms with Gasteiger partial charge in [0, 0.05) is 18.8 Å². The lowest BCUT2D eigenvalue weighted by Crippen LogP contribution is -2.34. The van der Waals surface area contributed by atoms with Crippen LogP contribution in [-0.4, -0.2) is 29.1 Å². The number of benzene rings is 2. The lowest BCUT2D eigenvalue weighted by molar-refractivity contribution is 0.0697. The van der Waals surface area contributed by atoms with E-state index in [1.807, 2.05) is 18.2 Å². The number of aromatic nitrogens is 1. The van der Waals surface area contributed by atoms with E-state index in [-0.39, 0.29) is 11.6 Å². The Kier molecular flexibility index (Phi) is 5.65. The van der Waals surface area contributed by atoms with Gasteiger partial charge in [0.25, 0.3) is 0 Å². The Hall–Kier alpha value is -3.03. The van der Waals surface area contributed by atoms with Gasteiger partial charge < -0.3 is 15.7 Å². The quantitative estimate of drug-likeness (QED) is 0.514. The molecular weight excluding hydrogens is 412 g/mol. The number of pyridine rings is 1. The topological polar surface area (TPSA) is 74.2 Å². The minimum atomic E-state index is -1.02. The van der Waals surface area contributed by atoms with E-state index in [4.69, 9.17) is 11.6 Å². The van der Waals surface area contributed by atoms with Crippen molar-refractivity contribution < 1.29 is 18.7 Å². The van der Waals surface area contributed by atoms with E-state index in [0.717, 1.165) is 24.1 Å². The molecule has 1 aliphatic rings. The molecule has 2 heterocycles. The monoisotopic (exact) mass is 429 g/mol. The number of nitrogens with zero attached hydrogens (tertiary/aromatic N) is 1. The number of carboxylic acids is 1. The molecule has 30 heavy (non-hydrogen) atoms. The predicted molar refractivity (Wildman–Crippen MR) is 111 cm³/mol. The molecule has 0 radical (unpaired) electrons. The Bertz CT molecular complexity index is 1100. The molecule has 0 amide bonds. The van der Waals surface area contributed by atoms with Gasteiger partial charge in [0.1, 0.15) is 16.7 Å². The van der Waals surface area contributed by atoms with Crippen LogP contribution in [0, 0.1) is 11.6 Å². The summed E-state index contributed by atoms with van der Waals surface area (Å²) in [4.78, 5) is 15.4. The van der Waals surface area contributed by atoms with Crippen LogP contribution >= 0.6 is 11.6 Å². The molecular formula is C22H18ClF2N3O2. The van der Waals surface area contributed by atoms with E-state index in [0.29, 0.717) is 23.4 Å². The van der Waals surface area contributed by atoms with E-state index < -0.39 is 22.6 Å². The highest BCUT2D eigenvalue weighted by molar-refractivity contribution is 6.31. The molecule has 4 rings (SSSR count). The molecule has 0 saturated heterocycles. The molecule has 0 spiro atoms. The van der Waals surface area contributed by atoms with Crippen LogP contribution in [0.2, 0.25) is 5.02 Å². The van der Waals surface area contributed by atoms with Gasteiger partial charge in [-0.25, -0.2) is 13.6 Å². The summed E-state index contributed by atoms with van der Waals surface area (Å²) < 4.78 is 27.7. The van der Waals surface area contributed by atoms with Crippen molar-refractivity contribution in [1.29, 1.82) is 0 Å². The Morgan fingerprint density at radius 1 is 1.20 bits per heavy atom. The molecule has 0 aliphatic carbocycles. The van der Waals surface area contributed by atoms with E-state index >= 15 is 0 Å². The molecule has 1 aliphatic heterocycles. The van der Waals surface area contributed by atoms with Gasteiger partial charge in [-0.1, -0.05) is 29.8 Å². The van der Waals surface area contributed by atoms with Crippen LogP contribution in [0.1, 0.15) is 27.5 Å². The number of fused-ring (bicyclic) bond motifs is 1. The Labute approximate surface area is 176 Å². The summed E-state index contributed by atoms with van der Waals surface area (Å²) in [5.41, 5.74) is 3.85. The summed E-state index contributed by atoms with van der Waals surface area (Å²) in [6, 6.07) is 9.51. The third kappa shape index (κ3) is 3.99. The SMILES string of the molecule is O=C(O)c1ccncc1NC[C@H]1NCCc2cc(-c3cc(F)c(Cl)c(F)c3)ccc21. The normalized spacial score (nSPS) is 15.5. The average Bonchev–Trinajstić information content (AvgIpc) is 2.75. The van der Waals surface area contributed by atoms with E-state index in [2.05, 4.69) is 15.6 Å². The maximum Gasteiger partial charge on any atom is 0.337 e. The molecule has 0 bridgehead atoms. The number of carbonyl (C=O) groups is 1. The van der Waals surface area contributed by atoms with Crippen LogP contribution in [0.4, 0.5) is 14.5 Å². The van der Waals surface area contributed by atoms with Crippen molar-refractivity contribution in [3.05, 3.63) is 82.1 Å². The molecule has 5 nitrogen and oxygen atoms in total. The highest BCUT2D eigenvalue weighted by atomic mass is 35.5. The minimum Gasteiger partial charge on any atom is -0.478 e. The predicted octanol–water partition coefficient (Wildman–Crippen LogP) is 4.68. The summed E-state index contributed by atoms with van der Waals surface area (Å²) in [7, 11) is 0. The van der Waals surface area contributed by atoms with Crippen molar-refractivity contribution in [3.63, 3.8) is 0 Å². The van der Waals surface area contributed by atoms with Crippen molar-refractivity contribution in [2.45, 2.75) is 12.5 Å². The zero-order chi connectivity index (χ0) is 21.3. The fourth-order valence-corrected chi connectivity index (χ4v) is 3.78. The van der Waals surface area contributed by atoms with Gasteiger partial charge in [-0.2, -0.15) is 0 Å². The highest BCUT2D eigenvalue weighted by Gasteiger charge is 2.21. The van der Waals surface area contributed by atoms with Crippen molar-refractivity contribution in [2.24, 2.45) is 0 Å². The third-order valence-electron chi connectivity index (χ3n) is 5.17. The second-order valence-electron chi connectivity index (χ2n) is 7.03. The Morgan fingerprint density at radius 2 is 1.97 bits per heavy atom. The van der Waals surface area contributed by atoms with Crippen LogP contribution in [0.15, 0.2) is 48.8 Å². The number of nitrogens with one attached hydrogen (secondary N) is 2. The second-order valence-corrected chi connectivity index (χ2v) is 7.41. The first-order chi connectivity index (χ1) is 14.4. The largest absolute Gasteiger partial charge is 0.478 e. The van der Waals surface area contributed by atoms with Crippen LogP contribution < -0.4 is 10.6 Å². The molecule has 2 aromatic carbocycles. The van der Waals surface area contributed by atoms with Gasteiger partial charge in [-0.15, -0.1) is 0 Å². The summed E-state index contributed by atoms with van der Waals surface area (Å²) in [5, 5.41) is 15.4. The summed E-state index contributed by atoms with van der Waals surface area (Å²) in [6.45, 7) is 1.19. The number of carboxylic acid groups (broad SMARTS) is 1. The standard InChI is InChI=1S/C22H18ClF2N3O2/c23-21-17(24)8-14(9-18(21)25)12-1-2-15-13(7-12)3-6-27-20(15)11-28-19-10-26-5-4-16(19)22(29)30/h1-2,4-5,7-10,20,27-28H,3,6,11H2,(H,29,30)/t20-/m1/s1. The summed E-state index contributed by atoms with van der Waals surface area (Å²) in [5.74, 6) is -2.61. The molecule has 1 atom stereocenters. The molecule has 8 heteroatoms. The first-order valence-electron chi connectivity index (χ1n) is 9.36. The first-order valence-corrected chi connectivity index (χ1v) is 9.74. The number of anilines is 1. The molecule has 154 valence electrons. The lowest BCUT2D eigenvalue weighted by Gasteiger charge is -2.28. The molecule has 0 fully saturated rings. The van der Waals surface area contributed by atoms with Crippen LogP contribution in [0.25, 0.3) is 11.1 Å². The maximum absolute atomic E-state index is 13.8. The van der Waals surface area contributed by atoms with Crippen LogP contribution in [0.3, 0.4) is 0 Å². The number of halogens is 3. The van der Waals surface area contributed by atoms with Crippen molar-refractivity contribution >= 4 is 23.3 Å². The van der Waals surface area contributed by atoms with E-state index in [1.165, 1.54) is 30.6 Å². The lowest BCUT2D eigenvalue weighted by atomic mass is 9.90. The van der Waals surface area contributed by atoms with Gasteiger partial charge in [0.15, 0.2) is 0 Å². The van der Waals surface area contributed by atoms with Crippen LogP contribution in [0.5, 0.6) is 0 Å². The highest BCUT2D eigenvalue weighted by Crippen LogP contribution is 2.31. The van der Waals surface area contributed by atoms with Gasteiger partial charge in [0.05, 0.1) is 17.4 Å². The van der Waals surface area contributed by atoms with Crippen molar-refractivity contribution in [3.8, 4) is 11.1 Å². The minimum absolute atomic E-state index is 0.0525. The van der Waals surface area contributed by atoms with Gasteiger partial charge in [-0.3, -0.25) is 4.98 Å². The number of rotatable bonds is 5. The summed E-state index contributed by atoms with van der Waals surface area (Å²) in [6.07, 6.45) is 3.69. The average molecular weight is 430 g/mol. The van der Waals surface area contributed by atoms with E-state index in [9.17, 15) is 18.7 Å². The fourth-order valence-electron chi connectivity index (χ4n) is 3.67. The maximum atomic E-state index is 13.8. The van der Waals surface area contributed by atoms with E-state index in [1.54, 1.807) is 0 Å². The molecule has 0 unspecified atom stereocenters. The van der Waals surface area contributed by atoms with Crippen molar-refractivity contribution in [2.75, 3.05) is 18.4 Å². The molecule has 3 aromatic rings. The fraction of sp³-hybridized carbons (Fsp3) is 0.182. The third-order valence-corrected chi connectivity index (χ3v) is 5.53. The zero-order valence-electron chi connectivity index (χ0n) is 15.8. The number of hydrogen-bond donors (Lipinski definition) is 3. The Balaban J connectivity index is 1.58. The van der Waals surface area contributed by atoms with Gasteiger partial charge in [0.2, 0.25) is 0 Å². The number of aromatic carboxylic acids is 1.